The Bertz CT molecular complexity index is 601. The van der Waals surface area contributed by atoms with E-state index in [1.807, 2.05) is 0 Å². The maximum atomic E-state index is 7.20. The fourth-order valence-corrected chi connectivity index (χ4v) is 16.0. The molecule has 2 atom stereocenters. The summed E-state index contributed by atoms with van der Waals surface area (Å²) in [5, 5.41) is 0. The molecule has 0 N–H and O–H groups in total. The number of nitrogens with zero attached hydrogens (tertiary/aromatic N) is 3. The van der Waals surface area contributed by atoms with Gasteiger partial charge in [-0.15, -0.1) is 0 Å². The second kappa shape index (κ2) is 13.9. The Labute approximate surface area is 222 Å². The first-order valence-electron chi connectivity index (χ1n) is 12.7. The quantitative estimate of drug-likeness (QED) is 0.228. The van der Waals surface area contributed by atoms with Crippen LogP contribution in [-0.4, -0.2) is 64.3 Å². The van der Waals surface area contributed by atoms with Crippen LogP contribution in [0.15, 0.2) is 4.99 Å². The molecule has 3 rings (SSSR count). The molecule has 0 radical (unpaired) electrons. The summed E-state index contributed by atoms with van der Waals surface area (Å²) in [4.78, 5) is 7.57. The van der Waals surface area contributed by atoms with Crippen LogP contribution in [0.1, 0.15) is 73.6 Å². The molecule has 1 saturated carbocycles. The molecule has 9 heteroatoms. The van der Waals surface area contributed by atoms with Crippen molar-refractivity contribution >= 4 is 42.6 Å². The zero-order valence-electron chi connectivity index (χ0n) is 22.7. The normalized spacial score (nSPS) is 23.8. The second-order valence-corrected chi connectivity index (χ2v) is 23.5. The molecular formula is C24H50Cl2CrN3OSi2-. The molecular weight excluding hydrogens is 525 g/mol. The van der Waals surface area contributed by atoms with E-state index in [1.165, 1.54) is 57.7 Å². The van der Waals surface area contributed by atoms with Gasteiger partial charge in [-0.05, 0) is 54.3 Å². The molecule has 2 fully saturated rings. The van der Waals surface area contributed by atoms with Gasteiger partial charge in [0.2, 0.25) is 8.32 Å². The van der Waals surface area contributed by atoms with E-state index in [-0.39, 0.29) is 20.8 Å². The summed E-state index contributed by atoms with van der Waals surface area (Å²) in [5.74, 6) is 1.35. The summed E-state index contributed by atoms with van der Waals surface area (Å²) in [7, 11) is 6.29. The van der Waals surface area contributed by atoms with Gasteiger partial charge in [0.25, 0.3) is 0 Å². The number of fused-ring (bicyclic) bond motifs is 1. The SMILES string of the molecule is CC(C)[Si](OC1CCC([Si](C)(C)N2CCCN3CCCN=C32)C1)(C(C)C)C(C)C.[CH3-].[Cl][Cr][Cl]. The Balaban J connectivity index is 0.00000129. The first-order valence-corrected chi connectivity index (χ1v) is 21.3. The molecule has 1 saturated heterocycles. The fourth-order valence-electron chi connectivity index (χ4n) is 6.78. The molecule has 2 heterocycles. The molecule has 0 bridgehead atoms. The van der Waals surface area contributed by atoms with E-state index in [0.29, 0.717) is 22.7 Å². The summed E-state index contributed by atoms with van der Waals surface area (Å²) in [5.41, 5.74) is 2.87. The monoisotopic (exact) mass is 574 g/mol. The van der Waals surface area contributed by atoms with Crippen LogP contribution in [0.25, 0.3) is 0 Å². The summed E-state index contributed by atoms with van der Waals surface area (Å²) < 4.78 is 10.00. The fraction of sp³-hybridized carbons (Fsp3) is 0.917. The molecule has 0 aromatic carbocycles. The van der Waals surface area contributed by atoms with Gasteiger partial charge >= 0.3 is 33.5 Å². The van der Waals surface area contributed by atoms with E-state index >= 15 is 0 Å². The van der Waals surface area contributed by atoms with Crippen molar-refractivity contribution in [3.8, 4) is 0 Å². The zero-order chi connectivity index (χ0) is 24.1. The van der Waals surface area contributed by atoms with Crippen LogP contribution < -0.4 is 0 Å². The van der Waals surface area contributed by atoms with Crippen molar-refractivity contribution in [2.75, 3.05) is 26.2 Å². The molecule has 1 aliphatic carbocycles. The van der Waals surface area contributed by atoms with E-state index in [4.69, 9.17) is 29.5 Å². The number of halogens is 2. The molecule has 33 heavy (non-hydrogen) atoms. The van der Waals surface area contributed by atoms with Gasteiger partial charge in [-0.1, -0.05) is 54.6 Å². The Kier molecular flexibility index (Phi) is 13.4. The van der Waals surface area contributed by atoms with Crippen LogP contribution >= 0.6 is 20.1 Å². The van der Waals surface area contributed by atoms with Crippen LogP contribution in [0.3, 0.4) is 0 Å². The van der Waals surface area contributed by atoms with Gasteiger partial charge in [0, 0.05) is 32.3 Å². The molecule has 0 amide bonds. The molecule has 0 spiro atoms. The van der Waals surface area contributed by atoms with Crippen LogP contribution in [0.2, 0.25) is 35.3 Å². The predicted octanol–water partition coefficient (Wildman–Crippen LogP) is 7.90. The third-order valence-corrected chi connectivity index (χ3v) is 18.8. The van der Waals surface area contributed by atoms with Crippen LogP contribution in [0, 0.1) is 7.43 Å². The number of guanidine groups is 1. The molecule has 196 valence electrons. The van der Waals surface area contributed by atoms with Crippen LogP contribution in [-0.2, 0) is 17.8 Å². The van der Waals surface area contributed by atoms with Crippen LogP contribution in [0.5, 0.6) is 0 Å². The Hall–Kier alpha value is 0.776. The minimum atomic E-state index is -1.78. The van der Waals surface area contributed by atoms with Crippen molar-refractivity contribution in [2.45, 2.75) is 115 Å². The summed E-state index contributed by atoms with van der Waals surface area (Å²) in [6.45, 7) is 24.4. The summed E-state index contributed by atoms with van der Waals surface area (Å²) in [6, 6.07) is 0. The first-order chi connectivity index (χ1) is 15.0. The number of aliphatic imine (C=N–C) groups is 1. The number of hydrogen-bond acceptors (Lipinski definition) is 4. The van der Waals surface area contributed by atoms with Gasteiger partial charge in [0.15, 0.2) is 14.2 Å². The van der Waals surface area contributed by atoms with E-state index < -0.39 is 16.6 Å². The average molecular weight is 576 g/mol. The average Bonchev–Trinajstić information content (AvgIpc) is 3.21. The van der Waals surface area contributed by atoms with Crippen molar-refractivity contribution in [1.29, 1.82) is 0 Å². The van der Waals surface area contributed by atoms with Crippen molar-refractivity contribution in [1.82, 2.24) is 9.47 Å². The van der Waals surface area contributed by atoms with Gasteiger partial charge in [-0.2, -0.15) is 0 Å². The number of hydrogen-bond donors (Lipinski definition) is 0. The topological polar surface area (TPSA) is 28.1 Å². The van der Waals surface area contributed by atoms with Crippen LogP contribution in [0.4, 0.5) is 0 Å². The summed E-state index contributed by atoms with van der Waals surface area (Å²) in [6.07, 6.45) is 6.92. The summed E-state index contributed by atoms with van der Waals surface area (Å²) >= 11 is -0.181. The van der Waals surface area contributed by atoms with E-state index in [1.54, 1.807) is 0 Å². The number of rotatable bonds is 7. The second-order valence-electron chi connectivity index (χ2n) is 11.3. The predicted molar refractivity (Wildman–Crippen MR) is 149 cm³/mol. The maximum absolute atomic E-state index is 7.20. The van der Waals surface area contributed by atoms with Gasteiger partial charge in [0.1, 0.15) is 0 Å². The van der Waals surface area contributed by atoms with Crippen molar-refractivity contribution in [3.63, 3.8) is 0 Å². The third kappa shape index (κ3) is 7.18. The van der Waals surface area contributed by atoms with E-state index in [2.05, 4.69) is 64.1 Å². The van der Waals surface area contributed by atoms with Gasteiger partial charge < -0.3 is 21.3 Å². The first kappa shape index (κ1) is 31.8. The van der Waals surface area contributed by atoms with Gasteiger partial charge in [0.05, 0.1) is 0 Å². The molecule has 3 aliphatic rings. The minimum absolute atomic E-state index is 0. The molecule has 2 aliphatic heterocycles. The van der Waals surface area contributed by atoms with Crippen molar-refractivity contribution in [2.24, 2.45) is 4.99 Å². The molecule has 4 nitrogen and oxygen atoms in total. The van der Waals surface area contributed by atoms with E-state index in [9.17, 15) is 0 Å². The Morgan fingerprint density at radius 2 is 1.48 bits per heavy atom. The molecule has 2 unspecified atom stereocenters. The Morgan fingerprint density at radius 3 is 2.03 bits per heavy atom. The van der Waals surface area contributed by atoms with Gasteiger partial charge in [-0.25, -0.2) is 0 Å². The molecule has 0 aromatic heterocycles. The standard InChI is InChI=1S/C23H47N3OSi2.CH3.2ClH.Cr/c1-18(2)29(19(3)4,20(5)6)27-21-11-12-22(17-21)28(7,8)26-16-10-15-25-14-9-13-24-23(25)26;;;;/h18-22H,9-17H2,1-8H3;1H3;2*1H;/q;-1;;;+2/p-2. The third-order valence-electron chi connectivity index (χ3n) is 8.33. The van der Waals surface area contributed by atoms with E-state index in [0.717, 1.165) is 12.1 Å². The van der Waals surface area contributed by atoms with Crippen molar-refractivity contribution < 1.29 is 17.8 Å². The zero-order valence-corrected chi connectivity index (χ0v) is 27.5. The Morgan fingerprint density at radius 1 is 0.939 bits per heavy atom. The van der Waals surface area contributed by atoms with Gasteiger partial charge in [-0.3, -0.25) is 4.99 Å². The van der Waals surface area contributed by atoms with Crippen molar-refractivity contribution in [3.05, 3.63) is 7.43 Å². The molecule has 0 aromatic rings.